The number of fused-ring (bicyclic) bond motifs is 1. The summed E-state index contributed by atoms with van der Waals surface area (Å²) < 4.78 is 18.9. The van der Waals surface area contributed by atoms with Gasteiger partial charge in [-0.3, -0.25) is 9.69 Å². The smallest absolute Gasteiger partial charge is 0.341 e. The van der Waals surface area contributed by atoms with Crippen molar-refractivity contribution in [2.45, 2.75) is 6.17 Å². The molecule has 146 valence electrons. The molecule has 0 fully saturated rings. The van der Waals surface area contributed by atoms with Crippen molar-refractivity contribution in [1.29, 1.82) is 0 Å². The van der Waals surface area contributed by atoms with E-state index in [9.17, 15) is 14.0 Å². The van der Waals surface area contributed by atoms with Gasteiger partial charge in [-0.05, 0) is 42.5 Å². The average Bonchev–Trinajstić information content (AvgIpc) is 2.73. The van der Waals surface area contributed by atoms with Crippen molar-refractivity contribution in [2.24, 2.45) is 0 Å². The number of carbonyl (C=O) groups is 2. The van der Waals surface area contributed by atoms with Crippen LogP contribution in [0.25, 0.3) is 0 Å². The van der Waals surface area contributed by atoms with Crippen molar-refractivity contribution < 1.29 is 23.8 Å². The molecule has 0 spiro atoms. The first-order chi connectivity index (χ1) is 14.0. The summed E-state index contributed by atoms with van der Waals surface area (Å²) in [7, 11) is 0. The second kappa shape index (κ2) is 7.63. The van der Waals surface area contributed by atoms with Gasteiger partial charge in [0.25, 0.3) is 5.91 Å². The van der Waals surface area contributed by atoms with Crippen molar-refractivity contribution >= 4 is 23.3 Å². The van der Waals surface area contributed by atoms with Crippen LogP contribution in [0.5, 0.6) is 5.75 Å². The third kappa shape index (κ3) is 3.62. The molecule has 29 heavy (non-hydrogen) atoms. The van der Waals surface area contributed by atoms with Gasteiger partial charge >= 0.3 is 5.97 Å². The summed E-state index contributed by atoms with van der Waals surface area (Å²) in [5.41, 5.74) is 2.21. The Morgan fingerprint density at radius 2 is 1.72 bits per heavy atom. The van der Waals surface area contributed by atoms with Crippen LogP contribution in [-0.2, 0) is 4.79 Å². The van der Waals surface area contributed by atoms with Crippen molar-refractivity contribution in [1.82, 2.24) is 0 Å². The van der Waals surface area contributed by atoms with E-state index in [1.807, 2.05) is 6.07 Å². The number of carboxylic acids is 1. The van der Waals surface area contributed by atoms with Gasteiger partial charge in [-0.1, -0.05) is 30.3 Å². The molecule has 0 unspecified atom stereocenters. The minimum Gasteiger partial charge on any atom is -0.481 e. The molecular weight excluding hydrogens is 375 g/mol. The molecule has 0 radical (unpaired) electrons. The van der Waals surface area contributed by atoms with Crippen molar-refractivity contribution in [3.63, 3.8) is 0 Å². The lowest BCUT2D eigenvalue weighted by Crippen LogP contribution is -2.43. The number of nitrogens with zero attached hydrogens (tertiary/aromatic N) is 1. The number of hydrogen-bond donors (Lipinski definition) is 2. The molecule has 2 N–H and O–H groups in total. The fourth-order valence-electron chi connectivity index (χ4n) is 3.32. The van der Waals surface area contributed by atoms with Gasteiger partial charge in [0.1, 0.15) is 17.7 Å². The van der Waals surface area contributed by atoms with E-state index in [0.29, 0.717) is 28.3 Å². The van der Waals surface area contributed by atoms with E-state index in [1.54, 1.807) is 42.5 Å². The number of carboxylic acid groups (broad SMARTS) is 1. The predicted molar refractivity (Wildman–Crippen MR) is 106 cm³/mol. The normalized spacial score (nSPS) is 15.4. The van der Waals surface area contributed by atoms with Gasteiger partial charge in [-0.2, -0.15) is 0 Å². The standard InChI is InChI=1S/C22H17FN2O4/c23-14-9-11-15(12-10-14)25-21(24-18-7-3-1-5-16(18)22(25)28)17-6-2-4-8-19(17)29-13-20(26)27/h1-12,21,24H,13H2,(H,26,27)/t21-/m1/s1. The van der Waals surface area contributed by atoms with Gasteiger partial charge in [-0.25, -0.2) is 9.18 Å². The lowest BCUT2D eigenvalue weighted by Gasteiger charge is -2.38. The van der Waals surface area contributed by atoms with Crippen LogP contribution in [-0.4, -0.2) is 23.6 Å². The minimum atomic E-state index is -1.10. The quantitative estimate of drug-likeness (QED) is 0.685. The maximum atomic E-state index is 13.5. The Morgan fingerprint density at radius 3 is 2.48 bits per heavy atom. The molecule has 1 aliphatic rings. The third-order valence-corrected chi connectivity index (χ3v) is 4.60. The second-order valence-electron chi connectivity index (χ2n) is 6.46. The van der Waals surface area contributed by atoms with E-state index in [4.69, 9.17) is 9.84 Å². The van der Waals surface area contributed by atoms with Gasteiger partial charge in [0, 0.05) is 16.9 Å². The molecule has 0 saturated carbocycles. The SMILES string of the molecule is O=C(O)COc1ccccc1[C@@H]1Nc2ccccc2C(=O)N1c1ccc(F)cc1. The number of halogens is 1. The molecule has 4 rings (SSSR count). The Bertz CT molecular complexity index is 1070. The highest BCUT2D eigenvalue weighted by molar-refractivity contribution is 6.12. The zero-order chi connectivity index (χ0) is 20.4. The zero-order valence-corrected chi connectivity index (χ0v) is 15.2. The zero-order valence-electron chi connectivity index (χ0n) is 15.2. The largest absolute Gasteiger partial charge is 0.481 e. The molecule has 1 heterocycles. The summed E-state index contributed by atoms with van der Waals surface area (Å²) in [4.78, 5) is 25.8. The van der Waals surface area contributed by atoms with E-state index >= 15 is 0 Å². The number of carbonyl (C=O) groups excluding carboxylic acids is 1. The van der Waals surface area contributed by atoms with Crippen LogP contribution in [0.3, 0.4) is 0 Å². The van der Waals surface area contributed by atoms with Gasteiger partial charge in [0.2, 0.25) is 0 Å². The Kier molecular flexibility index (Phi) is 4.87. The van der Waals surface area contributed by atoms with E-state index in [1.165, 1.54) is 29.2 Å². The van der Waals surface area contributed by atoms with Gasteiger partial charge in [0.05, 0.1) is 5.56 Å². The van der Waals surface area contributed by atoms with E-state index < -0.39 is 24.6 Å². The molecule has 7 heteroatoms. The molecular formula is C22H17FN2O4. The fraction of sp³-hybridized carbons (Fsp3) is 0.0909. The Hall–Kier alpha value is -3.87. The van der Waals surface area contributed by atoms with Crippen LogP contribution in [0.15, 0.2) is 72.8 Å². The molecule has 1 atom stereocenters. The number of hydrogen-bond acceptors (Lipinski definition) is 4. The van der Waals surface area contributed by atoms with Crippen LogP contribution in [0.4, 0.5) is 15.8 Å². The fourth-order valence-corrected chi connectivity index (χ4v) is 3.32. The van der Waals surface area contributed by atoms with Gasteiger partial charge < -0.3 is 15.2 Å². The molecule has 1 aliphatic heterocycles. The van der Waals surface area contributed by atoms with Crippen LogP contribution < -0.4 is 15.0 Å². The molecule has 0 aromatic heterocycles. The summed E-state index contributed by atoms with van der Waals surface area (Å²) in [6.45, 7) is -0.509. The van der Waals surface area contributed by atoms with Crippen LogP contribution >= 0.6 is 0 Å². The van der Waals surface area contributed by atoms with Crippen molar-refractivity contribution in [3.05, 3.63) is 89.7 Å². The maximum absolute atomic E-state index is 13.5. The second-order valence-corrected chi connectivity index (χ2v) is 6.46. The first kappa shape index (κ1) is 18.5. The molecule has 1 amide bonds. The number of para-hydroxylation sites is 2. The molecule has 0 saturated heterocycles. The monoisotopic (exact) mass is 392 g/mol. The summed E-state index contributed by atoms with van der Waals surface area (Å²) in [6.07, 6.45) is -0.673. The number of rotatable bonds is 5. The van der Waals surface area contributed by atoms with Crippen molar-refractivity contribution in [2.75, 3.05) is 16.8 Å². The number of anilines is 2. The highest BCUT2D eigenvalue weighted by atomic mass is 19.1. The maximum Gasteiger partial charge on any atom is 0.341 e. The number of nitrogens with one attached hydrogen (secondary N) is 1. The van der Waals surface area contributed by atoms with Crippen LogP contribution in [0, 0.1) is 5.82 Å². The summed E-state index contributed by atoms with van der Waals surface area (Å²) >= 11 is 0. The highest BCUT2D eigenvalue weighted by Crippen LogP contribution is 2.39. The lowest BCUT2D eigenvalue weighted by atomic mass is 10.0. The van der Waals surface area contributed by atoms with Crippen LogP contribution in [0.1, 0.15) is 22.1 Å². The van der Waals surface area contributed by atoms with E-state index in [2.05, 4.69) is 5.32 Å². The number of benzene rings is 3. The number of ether oxygens (including phenoxy) is 1. The summed E-state index contributed by atoms with van der Waals surface area (Å²) in [5.74, 6) is -1.43. The van der Waals surface area contributed by atoms with Gasteiger partial charge in [-0.15, -0.1) is 0 Å². The highest BCUT2D eigenvalue weighted by Gasteiger charge is 2.35. The Labute approximate surface area is 166 Å². The summed E-state index contributed by atoms with van der Waals surface area (Å²) in [5, 5.41) is 12.3. The number of aliphatic carboxylic acids is 1. The van der Waals surface area contributed by atoms with Crippen molar-refractivity contribution in [3.8, 4) is 5.75 Å². The first-order valence-electron chi connectivity index (χ1n) is 8.93. The number of amides is 1. The summed E-state index contributed by atoms with van der Waals surface area (Å²) in [6, 6.07) is 19.6. The third-order valence-electron chi connectivity index (χ3n) is 4.60. The molecule has 3 aromatic rings. The topological polar surface area (TPSA) is 78.9 Å². The molecule has 0 aliphatic carbocycles. The van der Waals surface area contributed by atoms with E-state index in [0.717, 1.165) is 0 Å². The molecule has 6 nitrogen and oxygen atoms in total. The Morgan fingerprint density at radius 1 is 1.03 bits per heavy atom. The minimum absolute atomic E-state index is 0.260. The molecule has 0 bridgehead atoms. The predicted octanol–water partition coefficient (Wildman–Crippen LogP) is 4.06. The van der Waals surface area contributed by atoms with Gasteiger partial charge in [0.15, 0.2) is 6.61 Å². The lowest BCUT2D eigenvalue weighted by molar-refractivity contribution is -0.139. The Balaban J connectivity index is 1.82. The first-order valence-corrected chi connectivity index (χ1v) is 8.93. The molecule has 3 aromatic carbocycles. The average molecular weight is 392 g/mol. The van der Waals surface area contributed by atoms with E-state index in [-0.39, 0.29) is 5.91 Å². The van der Waals surface area contributed by atoms with Crippen LogP contribution in [0.2, 0.25) is 0 Å².